The van der Waals surface area contributed by atoms with Crippen LogP contribution in [0.15, 0.2) is 54.6 Å². The molecule has 1 aromatic rings. The average Bonchev–Trinajstić information content (AvgIpc) is 2.68. The van der Waals surface area contributed by atoms with E-state index in [1.54, 1.807) is 5.57 Å². The van der Waals surface area contributed by atoms with Crippen molar-refractivity contribution in [1.29, 1.82) is 0 Å². The Labute approximate surface area is 167 Å². The van der Waals surface area contributed by atoms with Gasteiger partial charge in [-0.3, -0.25) is 4.90 Å². The lowest BCUT2D eigenvalue weighted by atomic mass is 9.83. The number of unbranched alkanes of at least 4 members (excludes halogenated alkanes) is 7. The van der Waals surface area contributed by atoms with Crippen LogP contribution in [0.25, 0.3) is 0 Å². The molecule has 2 bridgehead atoms. The number of rotatable bonds is 12. The van der Waals surface area contributed by atoms with Crippen molar-refractivity contribution in [3.8, 4) is 0 Å². The largest absolute Gasteiger partial charge is 0.289 e. The van der Waals surface area contributed by atoms with Crippen molar-refractivity contribution in [3.05, 3.63) is 60.2 Å². The zero-order valence-electron chi connectivity index (χ0n) is 17.2. The van der Waals surface area contributed by atoms with Gasteiger partial charge in [-0.25, -0.2) is 0 Å². The first kappa shape index (κ1) is 20.4. The van der Waals surface area contributed by atoms with Crippen molar-refractivity contribution in [3.63, 3.8) is 0 Å². The van der Waals surface area contributed by atoms with Crippen molar-refractivity contribution in [2.45, 2.75) is 102 Å². The summed E-state index contributed by atoms with van der Waals surface area (Å²) >= 11 is 0. The number of allylic oxidation sites excluding steroid dienone is 1. The first-order valence-electron chi connectivity index (χ1n) is 11.5. The molecule has 0 aromatic heterocycles. The van der Waals surface area contributed by atoms with Crippen molar-refractivity contribution in [1.82, 2.24) is 4.90 Å². The first-order chi connectivity index (χ1) is 13.4. The summed E-state index contributed by atoms with van der Waals surface area (Å²) in [5.74, 6) is 0. The van der Waals surface area contributed by atoms with Gasteiger partial charge < -0.3 is 0 Å². The molecule has 2 unspecified atom stereocenters. The van der Waals surface area contributed by atoms with E-state index in [1.165, 1.54) is 89.0 Å². The first-order valence-corrected chi connectivity index (χ1v) is 11.5. The molecule has 0 radical (unpaired) electrons. The summed E-state index contributed by atoms with van der Waals surface area (Å²) in [7, 11) is 0. The normalized spacial score (nSPS) is 22.4. The molecule has 1 aromatic carbocycles. The van der Waals surface area contributed by atoms with Gasteiger partial charge in [0, 0.05) is 18.6 Å². The summed E-state index contributed by atoms with van der Waals surface area (Å²) in [5, 5.41) is 0. The Morgan fingerprint density at radius 3 is 2.41 bits per heavy atom. The van der Waals surface area contributed by atoms with Gasteiger partial charge >= 0.3 is 0 Å². The highest BCUT2D eigenvalue weighted by Gasteiger charge is 2.33. The number of piperidine rings is 1. The third-order valence-corrected chi connectivity index (χ3v) is 6.47. The third-order valence-electron chi connectivity index (χ3n) is 6.47. The molecule has 0 aliphatic carbocycles. The van der Waals surface area contributed by atoms with Crippen LogP contribution in [0, 0.1) is 0 Å². The van der Waals surface area contributed by atoms with E-state index in [4.69, 9.17) is 0 Å². The molecule has 27 heavy (non-hydrogen) atoms. The maximum absolute atomic E-state index is 3.80. The number of hydrogen-bond acceptors (Lipinski definition) is 1. The molecular weight excluding hydrogens is 326 g/mol. The molecule has 0 saturated carbocycles. The van der Waals surface area contributed by atoms with Crippen molar-refractivity contribution in [2.24, 2.45) is 0 Å². The van der Waals surface area contributed by atoms with Gasteiger partial charge in [-0.15, -0.1) is 6.58 Å². The predicted octanol–water partition coefficient (Wildman–Crippen LogP) is 7.44. The average molecular weight is 366 g/mol. The molecule has 2 atom stereocenters. The van der Waals surface area contributed by atoms with Gasteiger partial charge in [0.2, 0.25) is 0 Å². The van der Waals surface area contributed by atoms with Gasteiger partial charge in [-0.2, -0.15) is 0 Å². The van der Waals surface area contributed by atoms with Crippen molar-refractivity contribution in [2.75, 3.05) is 0 Å². The van der Waals surface area contributed by atoms with E-state index in [-0.39, 0.29) is 0 Å². The summed E-state index contributed by atoms with van der Waals surface area (Å²) in [6, 6.07) is 12.5. The molecular formula is C26H39N. The summed E-state index contributed by atoms with van der Waals surface area (Å²) in [5.41, 5.74) is 3.24. The van der Waals surface area contributed by atoms with Crippen LogP contribution in [0.5, 0.6) is 0 Å². The number of benzene rings is 1. The Hall–Kier alpha value is -1.34. The van der Waals surface area contributed by atoms with E-state index in [0.29, 0.717) is 6.04 Å². The predicted molar refractivity (Wildman–Crippen MR) is 118 cm³/mol. The molecule has 1 heteroatoms. The maximum atomic E-state index is 3.80. The van der Waals surface area contributed by atoms with Crippen LogP contribution in [0.3, 0.4) is 0 Å². The Bertz CT molecular complexity index is 573. The Morgan fingerprint density at radius 2 is 1.67 bits per heavy atom. The minimum absolute atomic E-state index is 0.692. The van der Waals surface area contributed by atoms with Gasteiger partial charge in [0.05, 0.1) is 0 Å². The Kier molecular flexibility index (Phi) is 8.68. The van der Waals surface area contributed by atoms with E-state index >= 15 is 0 Å². The summed E-state index contributed by atoms with van der Waals surface area (Å²) in [4.78, 5) is 2.78. The summed E-state index contributed by atoms with van der Waals surface area (Å²) in [6.07, 6.45) is 22.5. The van der Waals surface area contributed by atoms with Gasteiger partial charge in [-0.1, -0.05) is 86.6 Å². The van der Waals surface area contributed by atoms with E-state index in [1.807, 2.05) is 6.08 Å². The lowest BCUT2D eigenvalue weighted by molar-refractivity contribution is 0.0876. The van der Waals surface area contributed by atoms with Crippen LogP contribution < -0.4 is 0 Å². The monoisotopic (exact) mass is 365 g/mol. The highest BCUT2D eigenvalue weighted by molar-refractivity contribution is 5.20. The van der Waals surface area contributed by atoms with Crippen LogP contribution in [0.1, 0.15) is 89.0 Å². The van der Waals surface area contributed by atoms with Gasteiger partial charge in [-0.05, 0) is 50.5 Å². The van der Waals surface area contributed by atoms with Crippen LogP contribution in [-0.4, -0.2) is 17.0 Å². The molecule has 0 amide bonds. The fraction of sp³-hybridized carbons (Fsp3) is 0.615. The zero-order valence-corrected chi connectivity index (χ0v) is 17.2. The van der Waals surface area contributed by atoms with E-state index < -0.39 is 0 Å². The molecule has 3 rings (SSSR count). The third kappa shape index (κ3) is 6.64. The zero-order chi connectivity index (χ0) is 18.7. The second-order valence-electron chi connectivity index (χ2n) is 8.64. The SMILES string of the molecule is C=CCCCCCCCCCC1=CC2CCCC(C1)N2Cc1ccccc1. The molecule has 0 N–H and O–H groups in total. The van der Waals surface area contributed by atoms with Gasteiger partial charge in [0.25, 0.3) is 0 Å². The second-order valence-corrected chi connectivity index (χ2v) is 8.64. The summed E-state index contributed by atoms with van der Waals surface area (Å²) < 4.78 is 0. The highest BCUT2D eigenvalue weighted by Crippen LogP contribution is 2.36. The number of nitrogens with zero attached hydrogens (tertiary/aromatic N) is 1. The number of hydrogen-bond donors (Lipinski definition) is 0. The molecule has 0 spiro atoms. The Balaban J connectivity index is 1.38. The van der Waals surface area contributed by atoms with Crippen LogP contribution in [-0.2, 0) is 6.54 Å². The number of fused-ring (bicyclic) bond motifs is 2. The topological polar surface area (TPSA) is 3.24 Å². The second kappa shape index (κ2) is 11.5. The van der Waals surface area contributed by atoms with Crippen molar-refractivity contribution >= 4 is 0 Å². The minimum Gasteiger partial charge on any atom is -0.289 e. The fourth-order valence-corrected chi connectivity index (χ4v) is 4.96. The van der Waals surface area contributed by atoms with Crippen molar-refractivity contribution < 1.29 is 0 Å². The van der Waals surface area contributed by atoms with Gasteiger partial charge in [0.15, 0.2) is 0 Å². The van der Waals surface area contributed by atoms with Gasteiger partial charge in [0.1, 0.15) is 0 Å². The van der Waals surface area contributed by atoms with E-state index in [0.717, 1.165) is 12.6 Å². The molecule has 148 valence electrons. The molecule has 2 aliphatic heterocycles. The quantitative estimate of drug-likeness (QED) is 0.275. The van der Waals surface area contributed by atoms with Crippen LogP contribution in [0.4, 0.5) is 0 Å². The molecule has 1 saturated heterocycles. The molecule has 2 aliphatic rings. The lowest BCUT2D eigenvalue weighted by Crippen LogP contribution is -2.47. The Morgan fingerprint density at radius 1 is 0.926 bits per heavy atom. The molecule has 1 nitrogen and oxygen atoms in total. The molecule has 2 heterocycles. The standard InChI is InChI=1S/C26H39N/c1-2-3-4-5-6-7-8-9-11-17-24-20-25-18-14-19-26(21-24)27(25)22-23-15-12-10-13-16-23/h2,10,12-13,15-16,20,25-26H,1,3-9,11,14,17-19,21-22H2. The summed E-state index contributed by atoms with van der Waals surface area (Å²) in [6.45, 7) is 4.93. The smallest absolute Gasteiger partial charge is 0.0287 e. The minimum atomic E-state index is 0.692. The van der Waals surface area contributed by atoms with E-state index in [2.05, 4.69) is 47.9 Å². The van der Waals surface area contributed by atoms with Crippen LogP contribution >= 0.6 is 0 Å². The van der Waals surface area contributed by atoms with Crippen LogP contribution in [0.2, 0.25) is 0 Å². The highest BCUT2D eigenvalue weighted by atomic mass is 15.2. The maximum Gasteiger partial charge on any atom is 0.0287 e. The lowest BCUT2D eigenvalue weighted by Gasteiger charge is -2.45. The fourth-order valence-electron chi connectivity index (χ4n) is 4.96. The molecule has 1 fully saturated rings. The van der Waals surface area contributed by atoms with E-state index in [9.17, 15) is 0 Å².